The van der Waals surface area contributed by atoms with E-state index in [2.05, 4.69) is 11.4 Å². The van der Waals surface area contributed by atoms with Crippen LogP contribution in [0.5, 0.6) is 0 Å². The molecule has 1 aliphatic heterocycles. The Bertz CT molecular complexity index is 1050. The summed E-state index contributed by atoms with van der Waals surface area (Å²) in [6, 6.07) is 6.60. The molecule has 1 aliphatic rings. The van der Waals surface area contributed by atoms with Crippen LogP contribution < -0.4 is 5.76 Å². The lowest BCUT2D eigenvalue weighted by atomic mass is 10.0. The van der Waals surface area contributed by atoms with Gasteiger partial charge in [-0.05, 0) is 52.9 Å². The molecule has 1 fully saturated rings. The Morgan fingerprint density at radius 2 is 2.12 bits per heavy atom. The van der Waals surface area contributed by atoms with Gasteiger partial charge in [-0.1, -0.05) is 0 Å². The molecule has 1 atom stereocenters. The molecule has 4 rings (SSSR count). The van der Waals surface area contributed by atoms with Crippen LogP contribution in [0.1, 0.15) is 17.9 Å². The highest BCUT2D eigenvalue weighted by molar-refractivity contribution is 7.89. The van der Waals surface area contributed by atoms with Crippen LogP contribution in [0.3, 0.4) is 0 Å². The summed E-state index contributed by atoms with van der Waals surface area (Å²) in [5.74, 6) is -0.258. The summed E-state index contributed by atoms with van der Waals surface area (Å²) in [6.07, 6.45) is 0.822. The normalized spacial score (nSPS) is 19.3. The van der Waals surface area contributed by atoms with Crippen LogP contribution in [0.25, 0.3) is 11.1 Å². The molecule has 6 nitrogen and oxygen atoms in total. The van der Waals surface area contributed by atoms with Gasteiger partial charge in [0.2, 0.25) is 10.0 Å². The summed E-state index contributed by atoms with van der Waals surface area (Å²) in [5, 5.41) is 4.09. The molecule has 1 saturated heterocycles. The monoisotopic (exact) mass is 364 g/mol. The van der Waals surface area contributed by atoms with Crippen molar-refractivity contribution < 1.29 is 12.8 Å². The van der Waals surface area contributed by atoms with Gasteiger partial charge in [-0.3, -0.25) is 4.57 Å². The zero-order valence-electron chi connectivity index (χ0n) is 13.0. The first kappa shape index (κ1) is 15.6. The minimum atomic E-state index is -3.58. The van der Waals surface area contributed by atoms with Crippen LogP contribution in [0.15, 0.2) is 49.1 Å². The van der Waals surface area contributed by atoms with Crippen LogP contribution in [-0.2, 0) is 17.1 Å². The van der Waals surface area contributed by atoms with Gasteiger partial charge >= 0.3 is 5.76 Å². The maximum absolute atomic E-state index is 12.9. The van der Waals surface area contributed by atoms with E-state index in [1.54, 1.807) is 18.4 Å². The van der Waals surface area contributed by atoms with Gasteiger partial charge in [0.15, 0.2) is 5.58 Å². The fourth-order valence-electron chi connectivity index (χ4n) is 3.14. The predicted octanol–water partition coefficient (Wildman–Crippen LogP) is 2.37. The van der Waals surface area contributed by atoms with Gasteiger partial charge in [0.25, 0.3) is 0 Å². The number of rotatable bonds is 3. The van der Waals surface area contributed by atoms with Crippen LogP contribution in [0.4, 0.5) is 0 Å². The van der Waals surface area contributed by atoms with E-state index >= 15 is 0 Å². The zero-order chi connectivity index (χ0) is 16.9. The fourth-order valence-corrected chi connectivity index (χ4v) is 5.40. The van der Waals surface area contributed by atoms with E-state index in [1.807, 2.05) is 5.38 Å². The second-order valence-corrected chi connectivity index (χ2v) is 8.68. The molecule has 2 aromatic heterocycles. The number of fused-ring (bicyclic) bond motifs is 1. The number of nitrogens with zero attached hydrogens (tertiary/aromatic N) is 2. The third-order valence-corrected chi connectivity index (χ3v) is 7.13. The summed E-state index contributed by atoms with van der Waals surface area (Å²) in [4.78, 5) is 11.8. The van der Waals surface area contributed by atoms with E-state index in [9.17, 15) is 13.2 Å². The minimum Gasteiger partial charge on any atom is -0.408 e. The van der Waals surface area contributed by atoms with Gasteiger partial charge in [0, 0.05) is 20.1 Å². The second kappa shape index (κ2) is 5.58. The number of hydrogen-bond donors (Lipinski definition) is 0. The Morgan fingerprint density at radius 3 is 2.88 bits per heavy atom. The number of oxazole rings is 1. The van der Waals surface area contributed by atoms with Crippen molar-refractivity contribution in [2.24, 2.45) is 7.05 Å². The number of sulfonamides is 1. The van der Waals surface area contributed by atoms with Crippen molar-refractivity contribution in [2.45, 2.75) is 17.2 Å². The smallest absolute Gasteiger partial charge is 0.408 e. The Kier molecular flexibility index (Phi) is 3.63. The van der Waals surface area contributed by atoms with E-state index in [0.717, 1.165) is 6.42 Å². The molecule has 0 aliphatic carbocycles. The molecule has 0 radical (unpaired) electrons. The van der Waals surface area contributed by atoms with Crippen molar-refractivity contribution in [1.82, 2.24) is 8.87 Å². The summed E-state index contributed by atoms with van der Waals surface area (Å²) < 4.78 is 33.7. The van der Waals surface area contributed by atoms with Crippen molar-refractivity contribution >= 4 is 32.5 Å². The number of benzene rings is 1. The molecule has 3 aromatic rings. The largest absolute Gasteiger partial charge is 0.419 e. The minimum absolute atomic E-state index is 0.192. The van der Waals surface area contributed by atoms with Gasteiger partial charge in [0.1, 0.15) is 0 Å². The van der Waals surface area contributed by atoms with Crippen LogP contribution in [0, 0.1) is 0 Å². The van der Waals surface area contributed by atoms with Crippen LogP contribution in [-0.4, -0.2) is 30.4 Å². The molecule has 0 bridgehead atoms. The molecule has 126 valence electrons. The van der Waals surface area contributed by atoms with Gasteiger partial charge in [-0.25, -0.2) is 13.2 Å². The molecule has 1 aromatic carbocycles. The van der Waals surface area contributed by atoms with Gasteiger partial charge < -0.3 is 4.42 Å². The highest BCUT2D eigenvalue weighted by Crippen LogP contribution is 2.32. The highest BCUT2D eigenvalue weighted by atomic mass is 32.2. The molecular weight excluding hydrogens is 348 g/mol. The molecule has 3 heterocycles. The third-order valence-electron chi connectivity index (χ3n) is 4.57. The lowest BCUT2D eigenvalue weighted by Gasteiger charge is -2.16. The lowest BCUT2D eigenvalue weighted by Crippen LogP contribution is -2.28. The summed E-state index contributed by atoms with van der Waals surface area (Å²) in [6.45, 7) is 0.993. The maximum atomic E-state index is 12.9. The Balaban J connectivity index is 1.68. The first-order valence-corrected chi connectivity index (χ1v) is 9.97. The summed E-state index contributed by atoms with van der Waals surface area (Å²) >= 11 is 1.63. The zero-order valence-corrected chi connectivity index (χ0v) is 14.6. The SMILES string of the molecule is Cn1c(=O)oc2ccc(S(=O)(=O)N3CCC(c4ccsc4)C3)cc21. The molecule has 0 amide bonds. The van der Waals surface area contributed by atoms with Gasteiger partial charge in [-0.15, -0.1) is 0 Å². The molecular formula is C16H16N2O4S2. The predicted molar refractivity (Wildman–Crippen MR) is 91.9 cm³/mol. The second-order valence-electron chi connectivity index (χ2n) is 5.96. The molecule has 8 heteroatoms. The standard InChI is InChI=1S/C16H16N2O4S2/c1-17-14-8-13(2-3-15(14)22-16(17)19)24(20,21)18-6-4-11(9-18)12-5-7-23-10-12/h2-3,5,7-8,10-11H,4,6,9H2,1H3. The van der Waals surface area contributed by atoms with Crippen molar-refractivity contribution in [3.05, 3.63) is 51.1 Å². The van der Waals surface area contributed by atoms with Crippen molar-refractivity contribution in [3.63, 3.8) is 0 Å². The number of hydrogen-bond acceptors (Lipinski definition) is 5. The molecule has 0 saturated carbocycles. The third kappa shape index (κ3) is 2.42. The Labute approximate surface area is 143 Å². The van der Waals surface area contributed by atoms with Crippen molar-refractivity contribution in [1.29, 1.82) is 0 Å². The van der Waals surface area contributed by atoms with Crippen molar-refractivity contribution in [3.8, 4) is 0 Å². The quantitative estimate of drug-likeness (QED) is 0.715. The molecule has 0 N–H and O–H groups in total. The number of thiophene rings is 1. The van der Waals surface area contributed by atoms with E-state index in [1.165, 1.54) is 32.6 Å². The fraction of sp³-hybridized carbons (Fsp3) is 0.312. The van der Waals surface area contributed by atoms with Gasteiger partial charge in [0.05, 0.1) is 10.4 Å². The van der Waals surface area contributed by atoms with Crippen LogP contribution in [0.2, 0.25) is 0 Å². The molecule has 24 heavy (non-hydrogen) atoms. The Morgan fingerprint density at radius 1 is 1.29 bits per heavy atom. The summed E-state index contributed by atoms with van der Waals surface area (Å²) in [7, 11) is -2.02. The van der Waals surface area contributed by atoms with E-state index in [0.29, 0.717) is 24.2 Å². The Hall–Kier alpha value is -1.90. The van der Waals surface area contributed by atoms with E-state index in [-0.39, 0.29) is 10.8 Å². The number of aromatic nitrogens is 1. The van der Waals surface area contributed by atoms with Crippen molar-refractivity contribution in [2.75, 3.05) is 13.1 Å². The van der Waals surface area contributed by atoms with E-state index < -0.39 is 15.8 Å². The first-order chi connectivity index (χ1) is 11.5. The topological polar surface area (TPSA) is 72.5 Å². The van der Waals surface area contributed by atoms with Gasteiger partial charge in [-0.2, -0.15) is 15.6 Å². The average molecular weight is 364 g/mol. The first-order valence-electron chi connectivity index (χ1n) is 7.58. The van der Waals surface area contributed by atoms with E-state index in [4.69, 9.17) is 4.42 Å². The lowest BCUT2D eigenvalue weighted by molar-refractivity contribution is 0.473. The molecule has 1 unspecified atom stereocenters. The summed E-state index contributed by atoms with van der Waals surface area (Å²) in [5.41, 5.74) is 2.07. The average Bonchev–Trinajstić information content (AvgIpc) is 3.28. The molecule has 0 spiro atoms. The van der Waals surface area contributed by atoms with Crippen LogP contribution >= 0.6 is 11.3 Å². The maximum Gasteiger partial charge on any atom is 0.419 e. The number of aryl methyl sites for hydroxylation is 1. The highest BCUT2D eigenvalue weighted by Gasteiger charge is 2.33.